The van der Waals surface area contributed by atoms with Gasteiger partial charge in [0.1, 0.15) is 0 Å². The van der Waals surface area contributed by atoms with E-state index in [4.69, 9.17) is 0 Å². The molecule has 0 aromatic carbocycles. The van der Waals surface area contributed by atoms with Crippen molar-refractivity contribution in [2.75, 3.05) is 6.54 Å². The van der Waals surface area contributed by atoms with Crippen LogP contribution in [-0.2, 0) is 9.59 Å². The zero-order chi connectivity index (χ0) is 8.27. The van der Waals surface area contributed by atoms with E-state index in [-0.39, 0.29) is 24.2 Å². The van der Waals surface area contributed by atoms with Gasteiger partial charge in [-0.1, -0.05) is 6.92 Å². The minimum absolute atomic E-state index is 0.00486. The number of hydrogen-bond donors (Lipinski definition) is 1. The maximum atomic E-state index is 11.1. The number of ketones is 1. The van der Waals surface area contributed by atoms with Crippen molar-refractivity contribution in [3.63, 3.8) is 0 Å². The van der Waals surface area contributed by atoms with Crippen LogP contribution in [0.2, 0.25) is 0 Å². The molecule has 0 saturated carbocycles. The van der Waals surface area contributed by atoms with E-state index in [0.717, 1.165) is 12.8 Å². The molecule has 1 saturated heterocycles. The third-order valence-electron chi connectivity index (χ3n) is 2.05. The molecule has 0 bridgehead atoms. The van der Waals surface area contributed by atoms with E-state index in [1.165, 1.54) is 0 Å². The van der Waals surface area contributed by atoms with Gasteiger partial charge in [0.15, 0.2) is 5.78 Å². The average molecular weight is 155 g/mol. The molecule has 1 aliphatic rings. The maximum absolute atomic E-state index is 11.1. The summed E-state index contributed by atoms with van der Waals surface area (Å²) in [4.78, 5) is 21.9. The fourth-order valence-electron chi connectivity index (χ4n) is 1.18. The van der Waals surface area contributed by atoms with Crippen LogP contribution in [0.5, 0.6) is 0 Å². The van der Waals surface area contributed by atoms with E-state index < -0.39 is 0 Å². The third kappa shape index (κ3) is 2.33. The lowest BCUT2D eigenvalue weighted by molar-refractivity contribution is -0.128. The smallest absolute Gasteiger partial charge is 0.220 e. The molecule has 3 heteroatoms. The molecule has 1 heterocycles. The molecule has 1 amide bonds. The van der Waals surface area contributed by atoms with Gasteiger partial charge in [0, 0.05) is 12.3 Å². The van der Waals surface area contributed by atoms with Gasteiger partial charge in [-0.15, -0.1) is 0 Å². The number of hydrogen-bond acceptors (Lipinski definition) is 2. The van der Waals surface area contributed by atoms with E-state index in [0.29, 0.717) is 6.42 Å². The molecule has 0 aliphatic carbocycles. The summed E-state index contributed by atoms with van der Waals surface area (Å²) in [5, 5.41) is 2.58. The summed E-state index contributed by atoms with van der Waals surface area (Å²) in [6.07, 6.45) is 2.25. The molecule has 0 spiro atoms. The first kappa shape index (κ1) is 8.24. The first-order valence-electron chi connectivity index (χ1n) is 3.99. The minimum atomic E-state index is 0.00486. The Morgan fingerprint density at radius 3 is 2.91 bits per heavy atom. The molecule has 1 rings (SSSR count). The van der Waals surface area contributed by atoms with E-state index in [2.05, 4.69) is 5.32 Å². The highest BCUT2D eigenvalue weighted by Gasteiger charge is 2.16. The van der Waals surface area contributed by atoms with Gasteiger partial charge in [-0.05, 0) is 12.8 Å². The summed E-state index contributed by atoms with van der Waals surface area (Å²) in [6.45, 7) is 2.14. The molecule has 3 nitrogen and oxygen atoms in total. The topological polar surface area (TPSA) is 46.2 Å². The summed E-state index contributed by atoms with van der Waals surface area (Å²) in [5.41, 5.74) is 0. The van der Waals surface area contributed by atoms with Crippen LogP contribution >= 0.6 is 0 Å². The van der Waals surface area contributed by atoms with Gasteiger partial charge < -0.3 is 5.32 Å². The van der Waals surface area contributed by atoms with Gasteiger partial charge in [-0.2, -0.15) is 0 Å². The molecule has 1 atom stereocenters. The van der Waals surface area contributed by atoms with Crippen molar-refractivity contribution in [1.82, 2.24) is 5.32 Å². The summed E-state index contributed by atoms with van der Waals surface area (Å²) in [5.74, 6) is 0.277. The Labute approximate surface area is 66.2 Å². The zero-order valence-electron chi connectivity index (χ0n) is 6.72. The van der Waals surface area contributed by atoms with E-state index in [1.54, 1.807) is 0 Å². The van der Waals surface area contributed by atoms with E-state index in [9.17, 15) is 9.59 Å². The highest BCUT2D eigenvalue weighted by Crippen LogP contribution is 2.10. The highest BCUT2D eigenvalue weighted by molar-refractivity contribution is 5.88. The quantitative estimate of drug-likeness (QED) is 0.553. The van der Waals surface area contributed by atoms with Gasteiger partial charge in [0.2, 0.25) is 5.91 Å². The van der Waals surface area contributed by atoms with Crippen LogP contribution in [0.3, 0.4) is 0 Å². The van der Waals surface area contributed by atoms with Gasteiger partial charge in [0.25, 0.3) is 0 Å². The van der Waals surface area contributed by atoms with Crippen LogP contribution in [0, 0.1) is 5.92 Å². The molecule has 0 aromatic heterocycles. The monoisotopic (exact) mass is 155 g/mol. The van der Waals surface area contributed by atoms with Crippen molar-refractivity contribution in [3.8, 4) is 0 Å². The second-order valence-corrected chi connectivity index (χ2v) is 3.04. The normalized spacial score (nSPS) is 27.2. The SMILES string of the molecule is CC1CCCC(=O)NCC1=O. The number of Topliss-reactive ketones (excluding diaryl/α,β-unsaturated/α-hetero) is 1. The predicted octanol–water partition coefficient (Wildman–Crippen LogP) is 0.492. The Morgan fingerprint density at radius 2 is 2.18 bits per heavy atom. The summed E-state index contributed by atoms with van der Waals surface area (Å²) < 4.78 is 0. The average Bonchev–Trinajstić information content (AvgIpc) is 1.98. The van der Waals surface area contributed by atoms with Gasteiger partial charge in [-0.3, -0.25) is 9.59 Å². The molecule has 1 fully saturated rings. The Balaban J connectivity index is 2.47. The number of carbonyl (C=O) groups is 2. The van der Waals surface area contributed by atoms with Crippen molar-refractivity contribution in [2.45, 2.75) is 26.2 Å². The van der Waals surface area contributed by atoms with Crippen molar-refractivity contribution in [3.05, 3.63) is 0 Å². The molecule has 11 heavy (non-hydrogen) atoms. The Hall–Kier alpha value is -0.860. The van der Waals surface area contributed by atoms with Crippen LogP contribution in [0.1, 0.15) is 26.2 Å². The molecular formula is C8H13NO2. The van der Waals surface area contributed by atoms with E-state index >= 15 is 0 Å². The molecule has 1 N–H and O–H groups in total. The standard InChI is InChI=1S/C8H13NO2/c1-6-3-2-4-8(11)9-5-7(6)10/h6H,2-5H2,1H3,(H,9,11). The van der Waals surface area contributed by atoms with Crippen molar-refractivity contribution >= 4 is 11.7 Å². The summed E-state index contributed by atoms with van der Waals surface area (Å²) in [6, 6.07) is 0. The Kier molecular flexibility index (Phi) is 2.63. The van der Waals surface area contributed by atoms with Crippen LogP contribution in [0.15, 0.2) is 0 Å². The van der Waals surface area contributed by atoms with Crippen LogP contribution in [-0.4, -0.2) is 18.2 Å². The van der Waals surface area contributed by atoms with Gasteiger partial charge in [-0.25, -0.2) is 0 Å². The Morgan fingerprint density at radius 1 is 1.45 bits per heavy atom. The molecule has 1 aliphatic heterocycles. The number of rotatable bonds is 0. The number of amides is 1. The maximum Gasteiger partial charge on any atom is 0.220 e. The summed E-state index contributed by atoms with van der Waals surface area (Å²) >= 11 is 0. The number of carbonyl (C=O) groups excluding carboxylic acids is 2. The molecule has 0 aromatic rings. The fourth-order valence-corrected chi connectivity index (χ4v) is 1.18. The largest absolute Gasteiger partial charge is 0.349 e. The third-order valence-corrected chi connectivity index (χ3v) is 2.05. The second kappa shape index (κ2) is 3.51. The molecule has 0 radical (unpaired) electrons. The lowest BCUT2D eigenvalue weighted by Gasteiger charge is -2.14. The number of nitrogens with one attached hydrogen (secondary N) is 1. The molecule has 62 valence electrons. The van der Waals surface area contributed by atoms with Crippen molar-refractivity contribution < 1.29 is 9.59 Å². The van der Waals surface area contributed by atoms with Gasteiger partial charge >= 0.3 is 0 Å². The van der Waals surface area contributed by atoms with Crippen LogP contribution < -0.4 is 5.32 Å². The second-order valence-electron chi connectivity index (χ2n) is 3.04. The lowest BCUT2D eigenvalue weighted by atomic mass is 9.97. The predicted molar refractivity (Wildman–Crippen MR) is 41.0 cm³/mol. The first-order chi connectivity index (χ1) is 5.20. The molecule has 1 unspecified atom stereocenters. The first-order valence-corrected chi connectivity index (χ1v) is 3.99. The van der Waals surface area contributed by atoms with Crippen molar-refractivity contribution in [2.24, 2.45) is 5.92 Å². The molecular weight excluding hydrogens is 142 g/mol. The highest BCUT2D eigenvalue weighted by atomic mass is 16.2. The zero-order valence-corrected chi connectivity index (χ0v) is 6.72. The summed E-state index contributed by atoms with van der Waals surface area (Å²) in [7, 11) is 0. The minimum Gasteiger partial charge on any atom is -0.349 e. The fraction of sp³-hybridized carbons (Fsp3) is 0.750. The van der Waals surface area contributed by atoms with E-state index in [1.807, 2.05) is 6.92 Å². The lowest BCUT2D eigenvalue weighted by Crippen LogP contribution is -2.34. The Bertz CT molecular complexity index is 177. The van der Waals surface area contributed by atoms with Crippen molar-refractivity contribution in [1.29, 1.82) is 0 Å². The van der Waals surface area contributed by atoms with Gasteiger partial charge in [0.05, 0.1) is 6.54 Å². The van der Waals surface area contributed by atoms with Crippen LogP contribution in [0.4, 0.5) is 0 Å². The van der Waals surface area contributed by atoms with Crippen LogP contribution in [0.25, 0.3) is 0 Å².